The monoisotopic (exact) mass is 304 g/mol. The Balaban J connectivity index is 2.09. The highest BCUT2D eigenvalue weighted by Crippen LogP contribution is 2.40. The summed E-state index contributed by atoms with van der Waals surface area (Å²) in [6.45, 7) is 7.19. The van der Waals surface area contributed by atoms with Gasteiger partial charge in [-0.2, -0.15) is 0 Å². The smallest absolute Gasteiger partial charge is 0.256 e. The highest BCUT2D eigenvalue weighted by molar-refractivity contribution is 5.99. The predicted molar refractivity (Wildman–Crippen MR) is 85.8 cm³/mol. The molecule has 1 saturated carbocycles. The second-order valence-corrected chi connectivity index (χ2v) is 6.53. The first-order valence-corrected chi connectivity index (χ1v) is 7.67. The number of aliphatic hydroxyl groups is 1. The van der Waals surface area contributed by atoms with Gasteiger partial charge in [0.05, 0.1) is 0 Å². The van der Waals surface area contributed by atoms with Crippen LogP contribution in [0.1, 0.15) is 49.5 Å². The van der Waals surface area contributed by atoms with Crippen LogP contribution in [0.2, 0.25) is 0 Å². The summed E-state index contributed by atoms with van der Waals surface area (Å²) in [5.41, 5.74) is 0.619. The molecule has 0 aliphatic heterocycles. The standard InChI is InChI=1S/C17H24N2O3/c1-10(2)18-15(20)14-8-7-13(9-11(14)3)19-16(21)17(4,22)12-5-6-12/h7-10,12,22H,5-6H2,1-4H3,(H,18,20)(H,19,21). The zero-order valence-electron chi connectivity index (χ0n) is 13.6. The molecule has 0 radical (unpaired) electrons. The number of carbonyl (C=O) groups is 2. The van der Waals surface area contributed by atoms with Crippen molar-refractivity contribution < 1.29 is 14.7 Å². The minimum absolute atomic E-state index is 0.0460. The molecule has 1 aromatic rings. The molecule has 1 aromatic carbocycles. The molecule has 1 fully saturated rings. The Morgan fingerprint density at radius 3 is 2.45 bits per heavy atom. The van der Waals surface area contributed by atoms with Crippen molar-refractivity contribution in [2.45, 2.75) is 52.2 Å². The van der Waals surface area contributed by atoms with E-state index in [1.807, 2.05) is 20.8 Å². The minimum atomic E-state index is -1.33. The number of benzene rings is 1. The van der Waals surface area contributed by atoms with E-state index in [1.54, 1.807) is 25.1 Å². The van der Waals surface area contributed by atoms with Crippen molar-refractivity contribution >= 4 is 17.5 Å². The van der Waals surface area contributed by atoms with Crippen LogP contribution in [0.15, 0.2) is 18.2 Å². The van der Waals surface area contributed by atoms with Gasteiger partial charge in [0.15, 0.2) is 0 Å². The van der Waals surface area contributed by atoms with Crippen LogP contribution in [0.25, 0.3) is 0 Å². The molecule has 0 saturated heterocycles. The quantitative estimate of drug-likeness (QED) is 0.780. The average molecular weight is 304 g/mol. The third-order valence-corrected chi connectivity index (χ3v) is 3.98. The van der Waals surface area contributed by atoms with Crippen molar-refractivity contribution in [3.8, 4) is 0 Å². The summed E-state index contributed by atoms with van der Waals surface area (Å²) >= 11 is 0. The van der Waals surface area contributed by atoms with Crippen molar-refractivity contribution in [2.75, 3.05) is 5.32 Å². The number of anilines is 1. The molecule has 5 nitrogen and oxygen atoms in total. The van der Waals surface area contributed by atoms with E-state index in [1.165, 1.54) is 0 Å². The fraction of sp³-hybridized carbons (Fsp3) is 0.529. The number of aryl methyl sites for hydroxylation is 1. The van der Waals surface area contributed by atoms with Gasteiger partial charge in [0, 0.05) is 17.3 Å². The number of amides is 2. The van der Waals surface area contributed by atoms with Gasteiger partial charge < -0.3 is 15.7 Å². The largest absolute Gasteiger partial charge is 0.380 e. The van der Waals surface area contributed by atoms with Gasteiger partial charge in [-0.05, 0) is 70.2 Å². The van der Waals surface area contributed by atoms with Crippen LogP contribution in [0.5, 0.6) is 0 Å². The molecule has 1 aliphatic carbocycles. The van der Waals surface area contributed by atoms with Crippen molar-refractivity contribution in [3.63, 3.8) is 0 Å². The van der Waals surface area contributed by atoms with Gasteiger partial charge in [0.25, 0.3) is 11.8 Å². The Labute approximate surface area is 131 Å². The number of carbonyl (C=O) groups excluding carboxylic acids is 2. The minimum Gasteiger partial charge on any atom is -0.380 e. The lowest BCUT2D eigenvalue weighted by atomic mass is 9.99. The molecule has 2 amide bonds. The Kier molecular flexibility index (Phi) is 4.56. The number of rotatable bonds is 5. The summed E-state index contributed by atoms with van der Waals surface area (Å²) in [4.78, 5) is 24.2. The molecule has 1 atom stereocenters. The molecule has 0 heterocycles. The summed E-state index contributed by atoms with van der Waals surface area (Å²) in [6, 6.07) is 5.19. The van der Waals surface area contributed by atoms with Gasteiger partial charge in [-0.1, -0.05) is 0 Å². The third-order valence-electron chi connectivity index (χ3n) is 3.98. The SMILES string of the molecule is Cc1cc(NC(=O)C(C)(O)C2CC2)ccc1C(=O)NC(C)C. The van der Waals surface area contributed by atoms with Crippen LogP contribution >= 0.6 is 0 Å². The van der Waals surface area contributed by atoms with E-state index >= 15 is 0 Å². The van der Waals surface area contributed by atoms with Gasteiger partial charge in [-0.3, -0.25) is 9.59 Å². The summed E-state index contributed by atoms with van der Waals surface area (Å²) in [5.74, 6) is -0.478. The van der Waals surface area contributed by atoms with Crippen LogP contribution < -0.4 is 10.6 Å². The Bertz CT molecular complexity index is 590. The normalized spacial score (nSPS) is 17.0. The van der Waals surface area contributed by atoms with E-state index in [0.29, 0.717) is 11.3 Å². The van der Waals surface area contributed by atoms with Crippen LogP contribution in [0.3, 0.4) is 0 Å². The van der Waals surface area contributed by atoms with Gasteiger partial charge in [0.2, 0.25) is 0 Å². The molecule has 3 N–H and O–H groups in total. The summed E-state index contributed by atoms with van der Waals surface area (Å²) in [6.07, 6.45) is 1.77. The van der Waals surface area contributed by atoms with Crippen LogP contribution in [-0.4, -0.2) is 28.6 Å². The molecule has 0 spiro atoms. The van der Waals surface area contributed by atoms with E-state index in [9.17, 15) is 14.7 Å². The molecule has 5 heteroatoms. The number of nitrogens with one attached hydrogen (secondary N) is 2. The second-order valence-electron chi connectivity index (χ2n) is 6.53. The van der Waals surface area contributed by atoms with Crippen LogP contribution in [-0.2, 0) is 4.79 Å². The topological polar surface area (TPSA) is 78.4 Å². The summed E-state index contributed by atoms with van der Waals surface area (Å²) < 4.78 is 0. The van der Waals surface area contributed by atoms with Crippen molar-refractivity contribution in [2.24, 2.45) is 5.92 Å². The lowest BCUT2D eigenvalue weighted by molar-refractivity contribution is -0.134. The fourth-order valence-corrected chi connectivity index (χ4v) is 2.42. The third kappa shape index (κ3) is 3.65. The van der Waals surface area contributed by atoms with Crippen LogP contribution in [0, 0.1) is 12.8 Å². The van der Waals surface area contributed by atoms with E-state index in [0.717, 1.165) is 18.4 Å². The second kappa shape index (κ2) is 6.08. The highest BCUT2D eigenvalue weighted by atomic mass is 16.3. The average Bonchev–Trinajstić information content (AvgIpc) is 3.22. The molecular weight excluding hydrogens is 280 g/mol. The zero-order chi connectivity index (χ0) is 16.5. The van der Waals surface area contributed by atoms with Crippen LogP contribution in [0.4, 0.5) is 5.69 Å². The molecule has 1 unspecified atom stereocenters. The molecule has 1 aliphatic rings. The lowest BCUT2D eigenvalue weighted by Gasteiger charge is -2.22. The predicted octanol–water partition coefficient (Wildman–Crippen LogP) is 2.23. The van der Waals surface area contributed by atoms with Crippen molar-refractivity contribution in [3.05, 3.63) is 29.3 Å². The summed E-state index contributed by atoms with van der Waals surface area (Å²) in [5, 5.41) is 15.8. The Hall–Kier alpha value is -1.88. The van der Waals surface area contributed by atoms with Gasteiger partial charge in [-0.15, -0.1) is 0 Å². The number of hydrogen-bond acceptors (Lipinski definition) is 3. The maximum Gasteiger partial charge on any atom is 0.256 e. The summed E-state index contributed by atoms with van der Waals surface area (Å²) in [7, 11) is 0. The van der Waals surface area contributed by atoms with E-state index in [-0.39, 0.29) is 17.9 Å². The van der Waals surface area contributed by atoms with Gasteiger partial charge in [0.1, 0.15) is 5.60 Å². The highest BCUT2D eigenvalue weighted by Gasteiger charge is 2.45. The van der Waals surface area contributed by atoms with Crippen molar-refractivity contribution in [1.29, 1.82) is 0 Å². The maximum atomic E-state index is 12.2. The Morgan fingerprint density at radius 1 is 1.32 bits per heavy atom. The molecule has 2 rings (SSSR count). The first-order chi connectivity index (χ1) is 10.2. The van der Waals surface area contributed by atoms with E-state index in [4.69, 9.17) is 0 Å². The fourth-order valence-electron chi connectivity index (χ4n) is 2.42. The van der Waals surface area contributed by atoms with E-state index in [2.05, 4.69) is 10.6 Å². The molecule has 22 heavy (non-hydrogen) atoms. The molecule has 0 bridgehead atoms. The van der Waals surface area contributed by atoms with E-state index < -0.39 is 11.5 Å². The maximum absolute atomic E-state index is 12.2. The molecule has 120 valence electrons. The van der Waals surface area contributed by atoms with Gasteiger partial charge >= 0.3 is 0 Å². The first-order valence-electron chi connectivity index (χ1n) is 7.67. The zero-order valence-corrected chi connectivity index (χ0v) is 13.6. The first kappa shape index (κ1) is 16.5. The van der Waals surface area contributed by atoms with Crippen molar-refractivity contribution in [1.82, 2.24) is 5.32 Å². The van der Waals surface area contributed by atoms with Gasteiger partial charge in [-0.25, -0.2) is 0 Å². The number of hydrogen-bond donors (Lipinski definition) is 3. The lowest BCUT2D eigenvalue weighted by Crippen LogP contribution is -2.42. The molecule has 0 aromatic heterocycles. The Morgan fingerprint density at radius 2 is 1.95 bits per heavy atom. The molecular formula is C17H24N2O3.